The van der Waals surface area contributed by atoms with Crippen LogP contribution < -0.4 is 0 Å². The van der Waals surface area contributed by atoms with E-state index in [4.69, 9.17) is 0 Å². The molecular weight excluding hydrogens is 187 g/mol. The van der Waals surface area contributed by atoms with Crippen LogP contribution in [0.1, 0.15) is 5.56 Å². The number of aryl methyl sites for hydroxylation is 1. The molecule has 1 aromatic heterocycles. The van der Waals surface area contributed by atoms with Crippen LogP contribution in [-0.2, 0) is 0 Å². The van der Waals surface area contributed by atoms with E-state index in [9.17, 15) is 0 Å². The van der Waals surface area contributed by atoms with Gasteiger partial charge in [0, 0.05) is 0 Å². The fourth-order valence-corrected chi connectivity index (χ4v) is 2.99. The molecule has 0 aliphatic rings. The Bertz CT molecular complexity index is 346. The van der Waals surface area contributed by atoms with E-state index in [1.165, 1.54) is 16.3 Å². The number of benzene rings is 1. The summed E-state index contributed by atoms with van der Waals surface area (Å²) < 4.78 is 0. The molecule has 0 unspecified atom stereocenters. The summed E-state index contributed by atoms with van der Waals surface area (Å²) >= 11 is 0.619. The average molecular weight is 195 g/mol. The molecule has 0 saturated carbocycles. The molecule has 1 aromatic carbocycles. The van der Waals surface area contributed by atoms with Crippen molar-refractivity contribution in [2.45, 2.75) is 6.92 Å². The van der Waals surface area contributed by atoms with Crippen molar-refractivity contribution in [3.63, 3.8) is 0 Å². The Labute approximate surface area is 66.2 Å². The SMILES string of the molecule is Cc1cccc2c[se]cc12. The zero-order valence-electron chi connectivity index (χ0n) is 5.79. The molecule has 0 aliphatic heterocycles. The minimum absolute atomic E-state index is 0.619. The van der Waals surface area contributed by atoms with Gasteiger partial charge in [-0.2, -0.15) is 0 Å². The molecule has 2 aromatic rings. The Kier molecular flexibility index (Phi) is 1.40. The van der Waals surface area contributed by atoms with Gasteiger partial charge in [-0.25, -0.2) is 0 Å². The molecule has 2 rings (SSSR count). The van der Waals surface area contributed by atoms with Gasteiger partial charge in [-0.15, -0.1) is 0 Å². The van der Waals surface area contributed by atoms with E-state index >= 15 is 0 Å². The van der Waals surface area contributed by atoms with Gasteiger partial charge in [0.15, 0.2) is 0 Å². The summed E-state index contributed by atoms with van der Waals surface area (Å²) in [6.45, 7) is 2.17. The van der Waals surface area contributed by atoms with Gasteiger partial charge in [0.25, 0.3) is 0 Å². The van der Waals surface area contributed by atoms with Gasteiger partial charge in [-0.1, -0.05) is 0 Å². The predicted molar refractivity (Wildman–Crippen MR) is 45.6 cm³/mol. The van der Waals surface area contributed by atoms with E-state index in [-0.39, 0.29) is 0 Å². The number of hydrogen-bond acceptors (Lipinski definition) is 0. The van der Waals surface area contributed by atoms with Crippen LogP contribution in [0, 0.1) is 6.92 Å². The Hall–Kier alpha value is -0.521. The predicted octanol–water partition coefficient (Wildman–Crippen LogP) is 2.21. The molecular formula is C9H8Se. The molecule has 0 radical (unpaired) electrons. The molecule has 0 nitrogen and oxygen atoms in total. The van der Waals surface area contributed by atoms with Gasteiger partial charge in [-0.3, -0.25) is 0 Å². The van der Waals surface area contributed by atoms with E-state index < -0.39 is 0 Å². The zero-order valence-corrected chi connectivity index (χ0v) is 7.51. The third-order valence-electron chi connectivity index (χ3n) is 1.74. The first kappa shape index (κ1) is 6.21. The van der Waals surface area contributed by atoms with Crippen molar-refractivity contribution in [3.05, 3.63) is 33.6 Å². The van der Waals surface area contributed by atoms with Crippen molar-refractivity contribution >= 4 is 25.3 Å². The molecule has 0 fully saturated rings. The summed E-state index contributed by atoms with van der Waals surface area (Å²) in [5.74, 6) is 0. The Balaban J connectivity index is 2.95. The Morgan fingerprint density at radius 3 is 2.90 bits per heavy atom. The summed E-state index contributed by atoms with van der Waals surface area (Å²) in [4.78, 5) is 4.67. The molecule has 0 N–H and O–H groups in total. The van der Waals surface area contributed by atoms with Gasteiger partial charge in [0.1, 0.15) is 0 Å². The first-order valence-electron chi connectivity index (χ1n) is 3.29. The van der Waals surface area contributed by atoms with Crippen molar-refractivity contribution in [1.82, 2.24) is 0 Å². The summed E-state index contributed by atoms with van der Waals surface area (Å²) in [5, 5.41) is 2.89. The summed E-state index contributed by atoms with van der Waals surface area (Å²) in [6, 6.07) is 6.48. The fraction of sp³-hybridized carbons (Fsp3) is 0.111. The molecule has 0 aliphatic carbocycles. The average Bonchev–Trinajstić information content (AvgIpc) is 2.36. The molecule has 0 amide bonds. The van der Waals surface area contributed by atoms with E-state index in [1.807, 2.05) is 0 Å². The van der Waals surface area contributed by atoms with Gasteiger partial charge in [0.2, 0.25) is 0 Å². The first-order chi connectivity index (χ1) is 4.88. The third kappa shape index (κ3) is 0.828. The molecule has 1 heterocycles. The van der Waals surface area contributed by atoms with E-state index in [1.54, 1.807) is 0 Å². The van der Waals surface area contributed by atoms with Crippen molar-refractivity contribution < 1.29 is 0 Å². The second-order valence-electron chi connectivity index (χ2n) is 2.45. The topological polar surface area (TPSA) is 0 Å². The maximum absolute atomic E-state index is 2.34. The van der Waals surface area contributed by atoms with Crippen LogP contribution in [0.4, 0.5) is 0 Å². The summed E-state index contributed by atoms with van der Waals surface area (Å²) in [7, 11) is 0. The zero-order chi connectivity index (χ0) is 6.97. The molecule has 0 saturated heterocycles. The van der Waals surface area contributed by atoms with Crippen molar-refractivity contribution in [2.75, 3.05) is 0 Å². The monoisotopic (exact) mass is 196 g/mol. The molecule has 10 heavy (non-hydrogen) atoms. The fourth-order valence-electron chi connectivity index (χ4n) is 1.14. The molecule has 50 valence electrons. The van der Waals surface area contributed by atoms with Gasteiger partial charge >= 0.3 is 65.8 Å². The summed E-state index contributed by atoms with van der Waals surface area (Å²) in [6.07, 6.45) is 0. The Morgan fingerprint density at radius 1 is 1.20 bits per heavy atom. The maximum atomic E-state index is 2.34. The third-order valence-corrected chi connectivity index (χ3v) is 3.34. The number of hydrogen-bond donors (Lipinski definition) is 0. The van der Waals surface area contributed by atoms with Crippen molar-refractivity contribution in [3.8, 4) is 0 Å². The molecule has 0 spiro atoms. The number of rotatable bonds is 0. The van der Waals surface area contributed by atoms with E-state index in [0.717, 1.165) is 0 Å². The van der Waals surface area contributed by atoms with Crippen molar-refractivity contribution in [1.29, 1.82) is 0 Å². The van der Waals surface area contributed by atoms with Crippen LogP contribution >= 0.6 is 0 Å². The van der Waals surface area contributed by atoms with Crippen LogP contribution in [0.2, 0.25) is 0 Å². The van der Waals surface area contributed by atoms with Crippen LogP contribution in [0.15, 0.2) is 28.1 Å². The van der Waals surface area contributed by atoms with Crippen LogP contribution in [-0.4, -0.2) is 14.5 Å². The van der Waals surface area contributed by atoms with E-state index in [2.05, 4.69) is 35.0 Å². The molecule has 1 heteroatoms. The normalized spacial score (nSPS) is 10.5. The van der Waals surface area contributed by atoms with Crippen molar-refractivity contribution in [2.24, 2.45) is 0 Å². The second-order valence-corrected chi connectivity index (χ2v) is 4.01. The van der Waals surface area contributed by atoms with Crippen LogP contribution in [0.25, 0.3) is 10.8 Å². The van der Waals surface area contributed by atoms with Crippen LogP contribution in [0.5, 0.6) is 0 Å². The number of fused-ring (bicyclic) bond motifs is 1. The van der Waals surface area contributed by atoms with Gasteiger partial charge in [-0.05, 0) is 0 Å². The summed E-state index contributed by atoms with van der Waals surface area (Å²) in [5.41, 5.74) is 1.41. The van der Waals surface area contributed by atoms with Gasteiger partial charge < -0.3 is 0 Å². The van der Waals surface area contributed by atoms with E-state index in [0.29, 0.717) is 14.5 Å². The second kappa shape index (κ2) is 2.26. The first-order valence-corrected chi connectivity index (χ1v) is 5.27. The standard InChI is InChI=1S/C9H8Se/c1-7-3-2-4-8-5-10-6-9(7)8/h2-6H,1H3. The molecule has 0 atom stereocenters. The minimum atomic E-state index is 0.619. The van der Waals surface area contributed by atoms with Gasteiger partial charge in [0.05, 0.1) is 0 Å². The quantitative estimate of drug-likeness (QED) is 0.565. The Morgan fingerprint density at radius 2 is 2.10 bits per heavy atom. The van der Waals surface area contributed by atoms with Crippen LogP contribution in [0.3, 0.4) is 0 Å². The molecule has 0 bridgehead atoms.